The fourth-order valence-corrected chi connectivity index (χ4v) is 5.19. The SMILES string of the molecule is CCC.COc1cccc2[nH]c(C(=O)NCC(=O)N[C@@H](C[C@@H]3CCCNC3=O)C(=O)COC(=O)c3c(C)cc(C)nc3C)cc12. The van der Waals surface area contributed by atoms with Crippen LogP contribution in [0.5, 0.6) is 5.75 Å². The molecule has 0 saturated carbocycles. The van der Waals surface area contributed by atoms with Gasteiger partial charge in [0.15, 0.2) is 12.4 Å². The standard InChI is InChI=1S/C30H35N5O7.C3H8/c1-16-11-17(2)33-18(3)27(16)30(40)42-15-24(36)22(12-19-7-6-10-31-28(19)38)35-26(37)14-32-29(39)23-13-20-21(34-23)8-5-9-25(20)41-4;1-3-2/h5,8-9,11,13,19,22,34H,6-7,10,12,14-15H2,1-4H3,(H,31,38)(H,32,39)(H,35,37);3H2,1-2H3/t19-,22-;/m0./s1. The van der Waals surface area contributed by atoms with Gasteiger partial charge < -0.3 is 30.4 Å². The van der Waals surface area contributed by atoms with Crippen molar-refractivity contribution in [2.24, 2.45) is 5.92 Å². The number of hydrogen-bond donors (Lipinski definition) is 4. The van der Waals surface area contributed by atoms with Crippen LogP contribution in [-0.2, 0) is 19.1 Å². The van der Waals surface area contributed by atoms with Crippen LogP contribution in [0.1, 0.15) is 77.3 Å². The summed E-state index contributed by atoms with van der Waals surface area (Å²) in [5, 5.41) is 8.64. The molecular formula is C33H43N5O7. The van der Waals surface area contributed by atoms with Crippen LogP contribution in [0.25, 0.3) is 10.9 Å². The first-order chi connectivity index (χ1) is 21.5. The van der Waals surface area contributed by atoms with Gasteiger partial charge in [0.25, 0.3) is 5.91 Å². The first-order valence-corrected chi connectivity index (χ1v) is 15.1. The molecule has 0 bridgehead atoms. The van der Waals surface area contributed by atoms with Gasteiger partial charge in [-0.05, 0) is 69.9 Å². The number of rotatable bonds is 11. The zero-order valence-electron chi connectivity index (χ0n) is 26.8. The van der Waals surface area contributed by atoms with Gasteiger partial charge in [0, 0.05) is 29.1 Å². The second-order valence-electron chi connectivity index (χ2n) is 11.1. The lowest BCUT2D eigenvalue weighted by Gasteiger charge is -2.26. The van der Waals surface area contributed by atoms with Gasteiger partial charge in [-0.1, -0.05) is 26.3 Å². The van der Waals surface area contributed by atoms with Crippen LogP contribution in [-0.4, -0.2) is 72.3 Å². The van der Waals surface area contributed by atoms with E-state index in [4.69, 9.17) is 9.47 Å². The number of benzene rings is 1. The molecule has 12 nitrogen and oxygen atoms in total. The molecule has 3 aromatic rings. The van der Waals surface area contributed by atoms with Gasteiger partial charge in [-0.15, -0.1) is 0 Å². The summed E-state index contributed by atoms with van der Waals surface area (Å²) < 4.78 is 10.6. The first kappa shape index (κ1) is 34.7. The Bertz CT molecular complexity index is 1520. The molecule has 3 amide bonds. The van der Waals surface area contributed by atoms with Gasteiger partial charge in [0.1, 0.15) is 11.4 Å². The highest BCUT2D eigenvalue weighted by atomic mass is 16.5. The van der Waals surface area contributed by atoms with Gasteiger partial charge in [-0.2, -0.15) is 0 Å². The number of carbonyl (C=O) groups excluding carboxylic acids is 5. The highest BCUT2D eigenvalue weighted by Crippen LogP contribution is 2.26. The number of aromatic amines is 1. The Morgan fingerprint density at radius 1 is 1.11 bits per heavy atom. The van der Waals surface area contributed by atoms with E-state index in [9.17, 15) is 24.0 Å². The number of carbonyl (C=O) groups is 5. The van der Waals surface area contributed by atoms with E-state index in [2.05, 4.69) is 39.8 Å². The Balaban J connectivity index is 0.00000177. The number of nitrogens with zero attached hydrogens (tertiary/aromatic N) is 1. The molecule has 1 aromatic carbocycles. The van der Waals surface area contributed by atoms with Gasteiger partial charge in [0.05, 0.1) is 31.0 Å². The van der Waals surface area contributed by atoms with Crippen LogP contribution in [0.4, 0.5) is 0 Å². The monoisotopic (exact) mass is 621 g/mol. The molecule has 1 aliphatic rings. The van der Waals surface area contributed by atoms with Gasteiger partial charge in [0.2, 0.25) is 11.8 Å². The third-order valence-electron chi connectivity index (χ3n) is 7.22. The summed E-state index contributed by atoms with van der Waals surface area (Å²) in [6.07, 6.45) is 2.58. The van der Waals surface area contributed by atoms with E-state index in [1.165, 1.54) is 13.5 Å². The molecule has 0 radical (unpaired) electrons. The minimum absolute atomic E-state index is 0.0356. The Kier molecular flexibility index (Phi) is 12.6. The highest BCUT2D eigenvalue weighted by molar-refractivity contribution is 6.01. The lowest BCUT2D eigenvalue weighted by Crippen LogP contribution is -2.49. The van der Waals surface area contributed by atoms with Crippen molar-refractivity contribution in [1.82, 2.24) is 25.9 Å². The summed E-state index contributed by atoms with van der Waals surface area (Å²) in [4.78, 5) is 71.2. The lowest BCUT2D eigenvalue weighted by molar-refractivity contribution is -0.132. The summed E-state index contributed by atoms with van der Waals surface area (Å²) >= 11 is 0. The Morgan fingerprint density at radius 3 is 2.51 bits per heavy atom. The average Bonchev–Trinajstić information content (AvgIpc) is 3.44. The van der Waals surface area contributed by atoms with Crippen LogP contribution in [0.2, 0.25) is 0 Å². The normalized spacial score (nSPS) is 14.8. The van der Waals surface area contributed by atoms with Crippen molar-refractivity contribution in [3.05, 3.63) is 58.5 Å². The number of methoxy groups -OCH3 is 1. The summed E-state index contributed by atoms with van der Waals surface area (Å²) in [6, 6.07) is 7.61. The molecule has 0 spiro atoms. The molecule has 1 aliphatic heterocycles. The summed E-state index contributed by atoms with van der Waals surface area (Å²) in [5.74, 6) is -2.53. The predicted octanol–water partition coefficient (Wildman–Crippen LogP) is 3.47. The lowest BCUT2D eigenvalue weighted by atomic mass is 9.90. The van der Waals surface area contributed by atoms with Crippen molar-refractivity contribution < 1.29 is 33.4 Å². The van der Waals surface area contributed by atoms with Crippen molar-refractivity contribution in [1.29, 1.82) is 0 Å². The second-order valence-corrected chi connectivity index (χ2v) is 11.1. The quantitative estimate of drug-likeness (QED) is 0.236. The van der Waals surface area contributed by atoms with Crippen LogP contribution < -0.4 is 20.7 Å². The minimum atomic E-state index is -1.10. The number of amides is 3. The summed E-state index contributed by atoms with van der Waals surface area (Å²) in [7, 11) is 1.53. The van der Waals surface area contributed by atoms with Crippen LogP contribution in [0, 0.1) is 26.7 Å². The zero-order chi connectivity index (χ0) is 33.1. The molecule has 0 unspecified atom stereocenters. The maximum absolute atomic E-state index is 13.2. The number of H-pyrrole nitrogens is 1. The van der Waals surface area contributed by atoms with Crippen LogP contribution in [0.15, 0.2) is 30.3 Å². The molecule has 2 atom stereocenters. The van der Waals surface area contributed by atoms with Gasteiger partial charge >= 0.3 is 5.97 Å². The average molecular weight is 622 g/mol. The molecular weight excluding hydrogens is 578 g/mol. The number of esters is 1. The van der Waals surface area contributed by atoms with E-state index >= 15 is 0 Å². The number of aromatic nitrogens is 2. The molecule has 12 heteroatoms. The maximum Gasteiger partial charge on any atom is 0.340 e. The van der Waals surface area contributed by atoms with Gasteiger partial charge in [-0.25, -0.2) is 4.79 Å². The highest BCUT2D eigenvalue weighted by Gasteiger charge is 2.31. The predicted molar refractivity (Wildman–Crippen MR) is 169 cm³/mol. The molecule has 1 fully saturated rings. The fourth-order valence-electron chi connectivity index (χ4n) is 5.19. The molecule has 4 N–H and O–H groups in total. The molecule has 45 heavy (non-hydrogen) atoms. The number of ether oxygens (including phenoxy) is 2. The zero-order valence-corrected chi connectivity index (χ0v) is 26.8. The number of hydrogen-bond acceptors (Lipinski definition) is 8. The third-order valence-corrected chi connectivity index (χ3v) is 7.22. The van der Waals surface area contributed by atoms with E-state index < -0.39 is 48.7 Å². The van der Waals surface area contributed by atoms with Crippen molar-refractivity contribution in [2.75, 3.05) is 26.8 Å². The number of nitrogens with one attached hydrogen (secondary N) is 4. The minimum Gasteiger partial charge on any atom is -0.496 e. The Labute approximate surface area is 263 Å². The molecule has 242 valence electrons. The van der Waals surface area contributed by atoms with Crippen LogP contribution in [0.3, 0.4) is 0 Å². The van der Waals surface area contributed by atoms with E-state index in [0.29, 0.717) is 40.9 Å². The van der Waals surface area contributed by atoms with Crippen molar-refractivity contribution in [3.63, 3.8) is 0 Å². The Hall–Kier alpha value is -4.74. The summed E-state index contributed by atoms with van der Waals surface area (Å²) in [6.45, 7) is 9.03. The van der Waals surface area contributed by atoms with Crippen molar-refractivity contribution in [2.45, 2.75) is 66.3 Å². The third kappa shape index (κ3) is 9.37. The number of ketones is 1. The maximum atomic E-state index is 13.2. The number of fused-ring (bicyclic) bond motifs is 1. The fraction of sp³-hybridized carbons (Fsp3) is 0.455. The number of piperidine rings is 1. The first-order valence-electron chi connectivity index (χ1n) is 15.1. The molecule has 2 aromatic heterocycles. The molecule has 0 aliphatic carbocycles. The van der Waals surface area contributed by atoms with E-state index in [1.807, 2.05) is 6.92 Å². The van der Waals surface area contributed by atoms with Gasteiger partial charge in [-0.3, -0.25) is 24.2 Å². The number of pyridine rings is 1. The van der Waals surface area contributed by atoms with Crippen LogP contribution >= 0.6 is 0 Å². The molecule has 3 heterocycles. The van der Waals surface area contributed by atoms with E-state index in [1.54, 1.807) is 44.2 Å². The molecule has 4 rings (SSSR count). The van der Waals surface area contributed by atoms with Crippen molar-refractivity contribution in [3.8, 4) is 5.75 Å². The second kappa shape index (κ2) is 16.4. The van der Waals surface area contributed by atoms with E-state index in [0.717, 1.165) is 12.1 Å². The summed E-state index contributed by atoms with van der Waals surface area (Å²) in [5.41, 5.74) is 3.11. The number of Topliss-reactive ketones (excluding diaryl/α,β-unsaturated/α-hetero) is 1. The largest absolute Gasteiger partial charge is 0.496 e. The van der Waals surface area contributed by atoms with Crippen molar-refractivity contribution >= 4 is 40.4 Å². The topological polar surface area (TPSA) is 169 Å². The van der Waals surface area contributed by atoms with E-state index in [-0.39, 0.29) is 23.6 Å². The Morgan fingerprint density at radius 2 is 1.84 bits per heavy atom. The molecule has 1 saturated heterocycles. The number of aryl methyl sites for hydroxylation is 3. The smallest absolute Gasteiger partial charge is 0.340 e.